The second kappa shape index (κ2) is 8.46. The first-order valence-electron chi connectivity index (χ1n) is 8.89. The Bertz CT molecular complexity index is 953. The van der Waals surface area contributed by atoms with Gasteiger partial charge in [0.15, 0.2) is 11.6 Å². The van der Waals surface area contributed by atoms with Crippen LogP contribution in [-0.2, 0) is 4.79 Å². The summed E-state index contributed by atoms with van der Waals surface area (Å²) in [4.78, 5) is 17.6. The van der Waals surface area contributed by atoms with Gasteiger partial charge in [-0.1, -0.05) is 29.0 Å². The Labute approximate surface area is 176 Å². The van der Waals surface area contributed by atoms with Crippen molar-refractivity contribution in [1.82, 2.24) is 15.1 Å². The van der Waals surface area contributed by atoms with Crippen molar-refractivity contribution in [3.8, 4) is 15.6 Å². The number of thiophene rings is 1. The fourth-order valence-corrected chi connectivity index (χ4v) is 4.74. The molecule has 1 aliphatic rings. The standard InChI is InChI=1S/C19H19ClN4O2S2/c1-13-11-14(4-5-15(13)20)26-12-17(25)23-6-8-24(9-7-23)19-22-21-18(28-19)16-3-2-10-27-16/h2-5,10-11H,6-9,12H2,1H3. The molecule has 4 rings (SSSR count). The first-order chi connectivity index (χ1) is 13.6. The monoisotopic (exact) mass is 434 g/mol. The lowest BCUT2D eigenvalue weighted by Gasteiger charge is -2.34. The van der Waals surface area contributed by atoms with Crippen LogP contribution in [0.25, 0.3) is 9.88 Å². The molecule has 0 N–H and O–H groups in total. The van der Waals surface area contributed by atoms with E-state index in [2.05, 4.69) is 15.1 Å². The number of aryl methyl sites for hydroxylation is 1. The maximum Gasteiger partial charge on any atom is 0.260 e. The highest BCUT2D eigenvalue weighted by molar-refractivity contribution is 7.22. The van der Waals surface area contributed by atoms with Gasteiger partial charge in [0.2, 0.25) is 5.13 Å². The molecule has 1 saturated heterocycles. The molecular formula is C19H19ClN4O2S2. The zero-order valence-corrected chi connectivity index (χ0v) is 17.7. The zero-order valence-electron chi connectivity index (χ0n) is 15.3. The maximum absolute atomic E-state index is 12.5. The largest absolute Gasteiger partial charge is 0.484 e. The van der Waals surface area contributed by atoms with Crippen molar-refractivity contribution in [1.29, 1.82) is 0 Å². The van der Waals surface area contributed by atoms with Crippen LogP contribution in [0, 0.1) is 6.92 Å². The summed E-state index contributed by atoms with van der Waals surface area (Å²) in [5.74, 6) is 0.646. The van der Waals surface area contributed by atoms with Crippen LogP contribution in [-0.4, -0.2) is 53.8 Å². The van der Waals surface area contributed by atoms with E-state index in [1.165, 1.54) is 0 Å². The quantitative estimate of drug-likeness (QED) is 0.608. The van der Waals surface area contributed by atoms with Crippen molar-refractivity contribution < 1.29 is 9.53 Å². The normalized spacial score (nSPS) is 14.4. The van der Waals surface area contributed by atoms with Crippen molar-refractivity contribution in [2.45, 2.75) is 6.92 Å². The predicted molar refractivity (Wildman–Crippen MR) is 114 cm³/mol. The molecule has 0 bridgehead atoms. The smallest absolute Gasteiger partial charge is 0.260 e. The minimum atomic E-state index is -0.0104. The van der Waals surface area contributed by atoms with E-state index >= 15 is 0 Å². The molecule has 3 aromatic rings. The van der Waals surface area contributed by atoms with E-state index in [9.17, 15) is 4.79 Å². The third kappa shape index (κ3) is 4.29. The van der Waals surface area contributed by atoms with Crippen molar-refractivity contribution in [3.63, 3.8) is 0 Å². The number of halogens is 1. The first-order valence-corrected chi connectivity index (χ1v) is 11.0. The van der Waals surface area contributed by atoms with Gasteiger partial charge in [0.25, 0.3) is 5.91 Å². The van der Waals surface area contributed by atoms with Crippen LogP contribution in [0.15, 0.2) is 35.7 Å². The summed E-state index contributed by atoms with van der Waals surface area (Å²) in [6.07, 6.45) is 0. The topological polar surface area (TPSA) is 58.6 Å². The van der Waals surface area contributed by atoms with E-state index in [0.717, 1.165) is 33.7 Å². The maximum atomic E-state index is 12.5. The van der Waals surface area contributed by atoms with Crippen LogP contribution in [0.4, 0.5) is 5.13 Å². The molecule has 1 amide bonds. The van der Waals surface area contributed by atoms with Gasteiger partial charge in [0, 0.05) is 31.2 Å². The second-order valence-corrected chi connectivity index (χ2v) is 8.75. The minimum absolute atomic E-state index is 0.0104. The summed E-state index contributed by atoms with van der Waals surface area (Å²) in [5, 5.41) is 13.2. The summed E-state index contributed by atoms with van der Waals surface area (Å²) >= 11 is 9.27. The van der Waals surface area contributed by atoms with Crippen LogP contribution in [0.5, 0.6) is 5.75 Å². The summed E-state index contributed by atoms with van der Waals surface area (Å²) in [6.45, 7) is 4.72. The highest BCUT2D eigenvalue weighted by atomic mass is 35.5. The number of piperazine rings is 1. The molecule has 9 heteroatoms. The number of carbonyl (C=O) groups is 1. The number of ether oxygens (including phenoxy) is 1. The summed E-state index contributed by atoms with van der Waals surface area (Å²) in [6, 6.07) is 9.46. The second-order valence-electron chi connectivity index (χ2n) is 6.43. The lowest BCUT2D eigenvalue weighted by Crippen LogP contribution is -2.50. The number of amides is 1. The zero-order chi connectivity index (χ0) is 19.5. The van der Waals surface area contributed by atoms with Gasteiger partial charge in [-0.15, -0.1) is 21.5 Å². The van der Waals surface area contributed by atoms with Crippen molar-refractivity contribution in [2.75, 3.05) is 37.7 Å². The Kier molecular flexibility index (Phi) is 5.79. The molecule has 1 fully saturated rings. The van der Waals surface area contributed by atoms with Crippen molar-refractivity contribution in [2.24, 2.45) is 0 Å². The molecule has 0 spiro atoms. The number of carbonyl (C=O) groups excluding carboxylic acids is 1. The van der Waals surface area contributed by atoms with Crippen LogP contribution in [0.2, 0.25) is 5.02 Å². The van der Waals surface area contributed by atoms with E-state index in [1.807, 2.05) is 35.4 Å². The Hall–Kier alpha value is -2.16. The summed E-state index contributed by atoms with van der Waals surface area (Å²) in [7, 11) is 0. The predicted octanol–water partition coefficient (Wildman–Crippen LogP) is 3.96. The summed E-state index contributed by atoms with van der Waals surface area (Å²) < 4.78 is 5.63. The molecule has 0 atom stereocenters. The molecule has 0 radical (unpaired) electrons. The number of hydrogen-bond donors (Lipinski definition) is 0. The van der Waals surface area contributed by atoms with Crippen LogP contribution in [0.1, 0.15) is 5.56 Å². The van der Waals surface area contributed by atoms with E-state index < -0.39 is 0 Å². The Morgan fingerprint density at radius 3 is 2.75 bits per heavy atom. The Morgan fingerprint density at radius 2 is 2.04 bits per heavy atom. The number of aromatic nitrogens is 2. The molecule has 0 unspecified atom stereocenters. The van der Waals surface area contributed by atoms with Crippen LogP contribution >= 0.6 is 34.3 Å². The molecule has 6 nitrogen and oxygen atoms in total. The van der Waals surface area contributed by atoms with Crippen molar-refractivity contribution in [3.05, 3.63) is 46.3 Å². The van der Waals surface area contributed by atoms with E-state index in [1.54, 1.807) is 34.8 Å². The van der Waals surface area contributed by atoms with Gasteiger partial charge < -0.3 is 14.5 Å². The molecule has 1 aliphatic heterocycles. The van der Waals surface area contributed by atoms with Gasteiger partial charge in [0.1, 0.15) is 5.75 Å². The molecule has 146 valence electrons. The highest BCUT2D eigenvalue weighted by Gasteiger charge is 2.24. The van der Waals surface area contributed by atoms with Gasteiger partial charge in [-0.2, -0.15) is 0 Å². The molecule has 2 aromatic heterocycles. The van der Waals surface area contributed by atoms with Gasteiger partial charge in [0.05, 0.1) is 4.88 Å². The first kappa shape index (κ1) is 19.2. The molecule has 28 heavy (non-hydrogen) atoms. The third-order valence-electron chi connectivity index (χ3n) is 4.54. The molecule has 0 saturated carbocycles. The SMILES string of the molecule is Cc1cc(OCC(=O)N2CCN(c3nnc(-c4cccs4)s3)CC2)ccc1Cl. The highest BCUT2D eigenvalue weighted by Crippen LogP contribution is 2.31. The Balaban J connectivity index is 1.29. The molecule has 0 aliphatic carbocycles. The van der Waals surface area contributed by atoms with E-state index in [4.69, 9.17) is 16.3 Å². The van der Waals surface area contributed by atoms with Gasteiger partial charge in [-0.3, -0.25) is 4.79 Å². The third-order valence-corrected chi connectivity index (χ3v) is 6.99. The number of nitrogens with zero attached hydrogens (tertiary/aromatic N) is 4. The molecule has 1 aromatic carbocycles. The van der Waals surface area contributed by atoms with E-state index in [0.29, 0.717) is 23.9 Å². The van der Waals surface area contributed by atoms with Crippen molar-refractivity contribution >= 4 is 45.3 Å². The fraction of sp³-hybridized carbons (Fsp3) is 0.316. The lowest BCUT2D eigenvalue weighted by molar-refractivity contribution is -0.133. The average Bonchev–Trinajstić information content (AvgIpc) is 3.40. The number of anilines is 1. The van der Waals surface area contributed by atoms with Crippen LogP contribution < -0.4 is 9.64 Å². The molecule has 3 heterocycles. The lowest BCUT2D eigenvalue weighted by atomic mass is 10.2. The fourth-order valence-electron chi connectivity index (χ4n) is 2.93. The number of hydrogen-bond acceptors (Lipinski definition) is 7. The van der Waals surface area contributed by atoms with Gasteiger partial charge >= 0.3 is 0 Å². The number of rotatable bonds is 5. The Morgan fingerprint density at radius 1 is 1.21 bits per heavy atom. The summed E-state index contributed by atoms with van der Waals surface area (Å²) in [5.41, 5.74) is 0.930. The van der Waals surface area contributed by atoms with Crippen LogP contribution in [0.3, 0.4) is 0 Å². The van der Waals surface area contributed by atoms with Gasteiger partial charge in [-0.05, 0) is 42.1 Å². The average molecular weight is 435 g/mol. The van der Waals surface area contributed by atoms with E-state index in [-0.39, 0.29) is 12.5 Å². The minimum Gasteiger partial charge on any atom is -0.484 e. The van der Waals surface area contributed by atoms with Gasteiger partial charge in [-0.25, -0.2) is 0 Å². The number of benzene rings is 1. The molecular weight excluding hydrogens is 416 g/mol.